The number of fused-ring (bicyclic) bond motifs is 2. The van der Waals surface area contributed by atoms with E-state index in [0.717, 1.165) is 0 Å². The normalized spacial score (nSPS) is 21.0. The van der Waals surface area contributed by atoms with E-state index in [1.807, 2.05) is 16.8 Å². The van der Waals surface area contributed by atoms with Crippen molar-refractivity contribution in [1.29, 1.82) is 0 Å². The van der Waals surface area contributed by atoms with Crippen molar-refractivity contribution in [2.45, 2.75) is 19.1 Å². The molecular weight excluding hydrogens is 362 g/mol. The fourth-order valence-electron chi connectivity index (χ4n) is 4.25. The molecule has 9 heteroatoms. The highest BCUT2D eigenvalue weighted by molar-refractivity contribution is 5.98. The van der Waals surface area contributed by atoms with Crippen LogP contribution in [0.15, 0.2) is 52.2 Å². The Kier molecular flexibility index (Phi) is 3.36. The molecule has 9 nitrogen and oxygen atoms in total. The largest absolute Gasteiger partial charge is 0.364 e. The average molecular weight is 379 g/mol. The molecule has 3 aromatic rings. The van der Waals surface area contributed by atoms with Gasteiger partial charge in [0.15, 0.2) is 5.66 Å². The zero-order valence-corrected chi connectivity index (χ0v) is 15.1. The highest BCUT2D eigenvalue weighted by Crippen LogP contribution is 2.43. The molecule has 2 aliphatic rings. The van der Waals surface area contributed by atoms with Crippen LogP contribution < -0.4 is 5.56 Å². The van der Waals surface area contributed by atoms with Gasteiger partial charge in [0.25, 0.3) is 11.8 Å². The zero-order chi connectivity index (χ0) is 19.5. The molecule has 3 aromatic heterocycles. The maximum absolute atomic E-state index is 13.4. The lowest BCUT2D eigenvalue weighted by atomic mass is 9.95. The van der Waals surface area contributed by atoms with Crippen LogP contribution >= 0.6 is 0 Å². The Labute approximate surface area is 159 Å². The minimum absolute atomic E-state index is 0.153. The lowest BCUT2D eigenvalue weighted by Crippen LogP contribution is -2.60. The molecule has 1 atom stereocenters. The monoisotopic (exact) mass is 379 g/mol. The molecule has 1 saturated heterocycles. The summed E-state index contributed by atoms with van der Waals surface area (Å²) in [4.78, 5) is 44.2. The van der Waals surface area contributed by atoms with Crippen LogP contribution in [-0.2, 0) is 12.2 Å². The van der Waals surface area contributed by atoms with Crippen LogP contribution in [0.2, 0.25) is 0 Å². The van der Waals surface area contributed by atoms with Gasteiger partial charge in [-0.3, -0.25) is 14.4 Å². The topological polar surface area (TPSA) is 104 Å². The standard InChI is InChI=1S/C19H17N5O4/c1-12-14(10-28-21-12)17(26)23-7-8-24-18(27)15-3-2-6-22(15)11-19(23,24)13-4-5-16(25)20-9-13/h2-6,9-10H,7-8,11H2,1H3,(H,20,25). The lowest BCUT2D eigenvalue weighted by molar-refractivity contribution is -0.00615. The quantitative estimate of drug-likeness (QED) is 0.714. The van der Waals surface area contributed by atoms with E-state index in [9.17, 15) is 14.4 Å². The Morgan fingerprint density at radius 2 is 2.11 bits per heavy atom. The summed E-state index contributed by atoms with van der Waals surface area (Å²) in [5.74, 6) is -0.421. The first kappa shape index (κ1) is 16.5. The van der Waals surface area contributed by atoms with Gasteiger partial charge in [-0.2, -0.15) is 0 Å². The summed E-state index contributed by atoms with van der Waals surface area (Å²) in [5.41, 5.74) is 0.797. The molecule has 28 heavy (non-hydrogen) atoms. The second kappa shape index (κ2) is 5.69. The lowest BCUT2D eigenvalue weighted by Gasteiger charge is -2.47. The number of hydrogen-bond acceptors (Lipinski definition) is 5. The van der Waals surface area contributed by atoms with E-state index in [2.05, 4.69) is 10.1 Å². The number of nitrogens with one attached hydrogen (secondary N) is 1. The summed E-state index contributed by atoms with van der Waals surface area (Å²) >= 11 is 0. The van der Waals surface area contributed by atoms with Gasteiger partial charge in [0.1, 0.15) is 17.5 Å². The molecule has 142 valence electrons. The minimum atomic E-state index is -1.05. The first-order valence-corrected chi connectivity index (χ1v) is 8.91. The van der Waals surface area contributed by atoms with Gasteiger partial charge in [-0.05, 0) is 25.1 Å². The predicted octanol–water partition coefficient (Wildman–Crippen LogP) is 0.938. The maximum Gasteiger partial charge on any atom is 0.272 e. The number of hydrogen-bond donors (Lipinski definition) is 1. The van der Waals surface area contributed by atoms with E-state index in [0.29, 0.717) is 42.1 Å². The van der Waals surface area contributed by atoms with E-state index in [1.165, 1.54) is 12.3 Å². The molecule has 0 aromatic carbocycles. The number of carbonyl (C=O) groups excluding carboxylic acids is 2. The van der Waals surface area contributed by atoms with Crippen LogP contribution in [0, 0.1) is 6.92 Å². The number of H-pyrrole nitrogens is 1. The van der Waals surface area contributed by atoms with E-state index >= 15 is 0 Å². The maximum atomic E-state index is 13.4. The van der Waals surface area contributed by atoms with Crippen LogP contribution in [-0.4, -0.2) is 49.4 Å². The number of amides is 2. The molecule has 0 saturated carbocycles. The number of nitrogens with zero attached hydrogens (tertiary/aromatic N) is 4. The molecular formula is C19H17N5O4. The van der Waals surface area contributed by atoms with Crippen molar-refractivity contribution in [3.05, 3.63) is 75.8 Å². The molecule has 5 rings (SSSR count). The van der Waals surface area contributed by atoms with Crippen molar-refractivity contribution in [1.82, 2.24) is 24.5 Å². The Bertz CT molecular complexity index is 1140. The first-order chi connectivity index (χ1) is 13.5. The number of aryl methyl sites for hydroxylation is 1. The van der Waals surface area contributed by atoms with Gasteiger partial charge < -0.3 is 23.9 Å². The first-order valence-electron chi connectivity index (χ1n) is 8.91. The van der Waals surface area contributed by atoms with Crippen LogP contribution in [0.25, 0.3) is 0 Å². The van der Waals surface area contributed by atoms with Crippen molar-refractivity contribution in [2.75, 3.05) is 13.1 Å². The minimum Gasteiger partial charge on any atom is -0.364 e. The van der Waals surface area contributed by atoms with E-state index in [-0.39, 0.29) is 17.4 Å². The number of aromatic amines is 1. The van der Waals surface area contributed by atoms with E-state index in [1.54, 1.807) is 35.1 Å². The summed E-state index contributed by atoms with van der Waals surface area (Å²) in [6, 6.07) is 6.66. The molecule has 0 spiro atoms. The molecule has 5 heterocycles. The Morgan fingerprint density at radius 3 is 2.82 bits per heavy atom. The van der Waals surface area contributed by atoms with Crippen molar-refractivity contribution in [2.24, 2.45) is 0 Å². The number of pyridine rings is 1. The molecule has 2 amide bonds. The van der Waals surface area contributed by atoms with Gasteiger partial charge in [0, 0.05) is 37.1 Å². The van der Waals surface area contributed by atoms with Crippen LogP contribution in [0.3, 0.4) is 0 Å². The second-order valence-electron chi connectivity index (χ2n) is 7.01. The van der Waals surface area contributed by atoms with Crippen molar-refractivity contribution >= 4 is 11.8 Å². The average Bonchev–Trinajstić information content (AvgIpc) is 3.40. The molecule has 1 unspecified atom stereocenters. The summed E-state index contributed by atoms with van der Waals surface area (Å²) in [6.07, 6.45) is 4.72. The fourth-order valence-corrected chi connectivity index (χ4v) is 4.25. The Hall–Kier alpha value is -3.62. The molecule has 1 N–H and O–H groups in total. The third kappa shape index (κ3) is 2.07. The highest BCUT2D eigenvalue weighted by atomic mass is 16.5. The summed E-state index contributed by atoms with van der Waals surface area (Å²) in [6.45, 7) is 2.81. The van der Waals surface area contributed by atoms with Crippen LogP contribution in [0.4, 0.5) is 0 Å². The number of carbonyl (C=O) groups is 2. The third-order valence-electron chi connectivity index (χ3n) is 5.60. The smallest absolute Gasteiger partial charge is 0.272 e. The van der Waals surface area contributed by atoms with Gasteiger partial charge in [-0.25, -0.2) is 0 Å². The summed E-state index contributed by atoms with van der Waals surface area (Å²) in [5, 5.41) is 3.81. The van der Waals surface area contributed by atoms with E-state index < -0.39 is 5.66 Å². The van der Waals surface area contributed by atoms with Gasteiger partial charge >= 0.3 is 0 Å². The Balaban J connectivity index is 1.71. The number of aromatic nitrogens is 3. The summed E-state index contributed by atoms with van der Waals surface area (Å²) in [7, 11) is 0. The SMILES string of the molecule is Cc1nocc1C(=O)N1CCN2C(=O)c3cccn3CC12c1ccc(=O)[nH]c1. The molecule has 0 aliphatic carbocycles. The molecule has 1 fully saturated rings. The van der Waals surface area contributed by atoms with E-state index in [4.69, 9.17) is 4.52 Å². The van der Waals surface area contributed by atoms with Crippen molar-refractivity contribution in [3.63, 3.8) is 0 Å². The van der Waals surface area contributed by atoms with Gasteiger partial charge in [-0.1, -0.05) is 5.16 Å². The third-order valence-corrected chi connectivity index (χ3v) is 5.60. The molecule has 2 aliphatic heterocycles. The highest BCUT2D eigenvalue weighted by Gasteiger charge is 2.56. The number of rotatable bonds is 2. The van der Waals surface area contributed by atoms with Gasteiger partial charge in [0.2, 0.25) is 5.56 Å². The van der Waals surface area contributed by atoms with Crippen LogP contribution in [0.5, 0.6) is 0 Å². The van der Waals surface area contributed by atoms with Crippen LogP contribution in [0.1, 0.15) is 32.1 Å². The Morgan fingerprint density at radius 1 is 1.25 bits per heavy atom. The van der Waals surface area contributed by atoms with Crippen molar-refractivity contribution < 1.29 is 14.1 Å². The summed E-state index contributed by atoms with van der Waals surface area (Å²) < 4.78 is 6.79. The molecule has 0 radical (unpaired) electrons. The second-order valence-corrected chi connectivity index (χ2v) is 7.01. The fraction of sp³-hybridized carbons (Fsp3) is 0.263. The predicted molar refractivity (Wildman–Crippen MR) is 96.5 cm³/mol. The zero-order valence-electron chi connectivity index (χ0n) is 15.1. The van der Waals surface area contributed by atoms with Gasteiger partial charge in [-0.15, -0.1) is 0 Å². The molecule has 0 bridgehead atoms. The van der Waals surface area contributed by atoms with Crippen molar-refractivity contribution in [3.8, 4) is 0 Å². The van der Waals surface area contributed by atoms with Gasteiger partial charge in [0.05, 0.1) is 12.2 Å².